The molecule has 1 aliphatic heterocycles. The predicted octanol–water partition coefficient (Wildman–Crippen LogP) is 1.94. The van der Waals surface area contributed by atoms with Crippen LogP contribution in [0, 0.1) is 11.6 Å². The number of fused-ring (bicyclic) bond motifs is 1. The molecule has 1 atom stereocenters. The molecule has 3 aromatic rings. The zero-order chi connectivity index (χ0) is 27.4. The summed E-state index contributed by atoms with van der Waals surface area (Å²) in [6, 6.07) is 6.57. The van der Waals surface area contributed by atoms with Gasteiger partial charge in [-0.05, 0) is 41.8 Å². The van der Waals surface area contributed by atoms with E-state index in [2.05, 4.69) is 15.3 Å². The van der Waals surface area contributed by atoms with Crippen LogP contribution in [0.15, 0.2) is 54.9 Å². The van der Waals surface area contributed by atoms with Gasteiger partial charge >= 0.3 is 16.2 Å². The molecule has 2 N–H and O–H groups in total. The number of halogens is 2. The van der Waals surface area contributed by atoms with Gasteiger partial charge in [0, 0.05) is 38.3 Å². The van der Waals surface area contributed by atoms with E-state index in [0.717, 1.165) is 16.4 Å². The fourth-order valence-electron chi connectivity index (χ4n) is 3.99. The molecule has 1 aliphatic rings. The number of methoxy groups -OCH3 is 1. The molecule has 0 saturated heterocycles. The Balaban J connectivity index is 1.55. The van der Waals surface area contributed by atoms with Crippen molar-refractivity contribution in [3.05, 3.63) is 77.6 Å². The van der Waals surface area contributed by atoms with Crippen LogP contribution in [0.4, 0.5) is 25.1 Å². The highest BCUT2D eigenvalue weighted by molar-refractivity contribution is 7.91. The van der Waals surface area contributed by atoms with E-state index in [4.69, 9.17) is 4.74 Å². The molecule has 0 spiro atoms. The lowest BCUT2D eigenvalue weighted by molar-refractivity contribution is -0.120. The Hall–Kier alpha value is -4.33. The summed E-state index contributed by atoms with van der Waals surface area (Å²) in [5.74, 6) is -1.93. The number of aromatic nitrogens is 2. The number of hydrogen-bond acceptors (Lipinski definition) is 7. The largest absolute Gasteiger partial charge is 0.481 e. The molecule has 11 nitrogen and oxygen atoms in total. The summed E-state index contributed by atoms with van der Waals surface area (Å²) in [5, 5.41) is 2.32. The molecule has 0 fully saturated rings. The number of carbonyl (C=O) groups excluding carboxylic acids is 2. The first-order valence-electron chi connectivity index (χ1n) is 11.3. The molecule has 1 aromatic carbocycles. The first kappa shape index (κ1) is 26.7. The van der Waals surface area contributed by atoms with E-state index in [9.17, 15) is 26.8 Å². The summed E-state index contributed by atoms with van der Waals surface area (Å²) in [6.45, 7) is 0.0765. The number of pyridine rings is 2. The van der Waals surface area contributed by atoms with Gasteiger partial charge in [-0.15, -0.1) is 0 Å². The predicted molar refractivity (Wildman–Crippen MR) is 134 cm³/mol. The highest BCUT2D eigenvalue weighted by Crippen LogP contribution is 2.26. The molecule has 4 rings (SSSR count). The number of urea groups is 1. The van der Waals surface area contributed by atoms with Crippen LogP contribution in [0.2, 0.25) is 0 Å². The topological polar surface area (TPSA) is 134 Å². The van der Waals surface area contributed by atoms with Crippen molar-refractivity contribution in [1.29, 1.82) is 0 Å². The Kier molecular flexibility index (Phi) is 7.71. The summed E-state index contributed by atoms with van der Waals surface area (Å²) >= 11 is 0. The van der Waals surface area contributed by atoms with Crippen LogP contribution in [0.3, 0.4) is 0 Å². The van der Waals surface area contributed by atoms with Crippen molar-refractivity contribution >= 4 is 33.7 Å². The Morgan fingerprint density at radius 3 is 2.55 bits per heavy atom. The quantitative estimate of drug-likeness (QED) is 0.441. The van der Waals surface area contributed by atoms with Gasteiger partial charge < -0.3 is 15.0 Å². The smallest absolute Gasteiger partial charge is 0.330 e. The molecule has 0 aliphatic carbocycles. The third kappa shape index (κ3) is 5.96. The van der Waals surface area contributed by atoms with Crippen molar-refractivity contribution in [2.45, 2.75) is 18.9 Å². The van der Waals surface area contributed by atoms with Crippen molar-refractivity contribution in [1.82, 2.24) is 20.0 Å². The summed E-state index contributed by atoms with van der Waals surface area (Å²) in [6.07, 6.45) is 2.88. The Labute approximate surface area is 217 Å². The van der Waals surface area contributed by atoms with E-state index in [-0.39, 0.29) is 24.3 Å². The monoisotopic (exact) mass is 546 g/mol. The van der Waals surface area contributed by atoms with E-state index in [0.29, 0.717) is 29.6 Å². The lowest BCUT2D eigenvalue weighted by Crippen LogP contribution is -2.54. The number of ether oxygens (including phenoxy) is 1. The molecule has 3 amide bonds. The molecular formula is C24H24F2N6O5S. The summed E-state index contributed by atoms with van der Waals surface area (Å²) < 4.78 is 61.3. The maximum atomic E-state index is 13.8. The van der Waals surface area contributed by atoms with E-state index in [1.807, 2.05) is 4.72 Å². The first-order valence-corrected chi connectivity index (χ1v) is 12.8. The number of carbonyl (C=O) groups is 2. The van der Waals surface area contributed by atoms with Crippen LogP contribution >= 0.6 is 0 Å². The van der Waals surface area contributed by atoms with Crippen molar-refractivity contribution in [3.8, 4) is 5.88 Å². The molecule has 38 heavy (non-hydrogen) atoms. The molecule has 0 saturated carbocycles. The number of benzene rings is 1. The number of hydrogen-bond donors (Lipinski definition) is 2. The second-order valence-corrected chi connectivity index (χ2v) is 9.97. The van der Waals surface area contributed by atoms with Gasteiger partial charge in [-0.1, -0.05) is 6.07 Å². The Bertz CT molecular complexity index is 1430. The van der Waals surface area contributed by atoms with Crippen LogP contribution in [-0.4, -0.2) is 57.1 Å². The Morgan fingerprint density at radius 1 is 1.16 bits per heavy atom. The SMILES string of the molecule is COc1ccc(N(C)C(=O)[C@H](Cc2cc(F)cc(F)c2)NC(=O)NS(=O)(=O)N2CCc3cccnc32)cn1. The maximum Gasteiger partial charge on any atom is 0.330 e. The highest BCUT2D eigenvalue weighted by Gasteiger charge is 2.33. The van der Waals surface area contributed by atoms with Crippen molar-refractivity contribution < 1.29 is 31.5 Å². The standard InChI is InChI=1S/C24H24F2N6O5S/c1-31(19-5-6-21(37-2)28-14-19)23(33)20(12-15-10-17(25)13-18(26)11-15)29-24(34)30-38(35,36)32-9-7-16-4-3-8-27-22(16)32/h3-6,8,10-11,13-14,20H,7,9,12H2,1-2H3,(H2,29,30,34)/t20-/m0/s1. The van der Waals surface area contributed by atoms with Gasteiger partial charge in [-0.3, -0.25) is 4.79 Å². The maximum absolute atomic E-state index is 13.8. The lowest BCUT2D eigenvalue weighted by atomic mass is 10.0. The lowest BCUT2D eigenvalue weighted by Gasteiger charge is -2.25. The van der Waals surface area contributed by atoms with Crippen molar-refractivity contribution in [2.24, 2.45) is 0 Å². The summed E-state index contributed by atoms with van der Waals surface area (Å²) in [4.78, 5) is 35.4. The van der Waals surface area contributed by atoms with E-state index < -0.39 is 39.8 Å². The third-order valence-corrected chi connectivity index (χ3v) is 7.19. The average Bonchev–Trinajstić information content (AvgIpc) is 3.32. The Morgan fingerprint density at radius 2 is 1.89 bits per heavy atom. The average molecular weight is 547 g/mol. The minimum Gasteiger partial charge on any atom is -0.481 e. The molecule has 200 valence electrons. The van der Waals surface area contributed by atoms with Crippen LogP contribution in [-0.2, 0) is 27.8 Å². The molecule has 14 heteroatoms. The summed E-state index contributed by atoms with van der Waals surface area (Å²) in [7, 11) is -1.53. The van der Waals surface area contributed by atoms with Gasteiger partial charge in [0.1, 0.15) is 23.5 Å². The van der Waals surface area contributed by atoms with Gasteiger partial charge in [0.05, 0.1) is 19.0 Å². The van der Waals surface area contributed by atoms with E-state index >= 15 is 0 Å². The number of nitrogens with zero attached hydrogens (tertiary/aromatic N) is 4. The van der Waals surface area contributed by atoms with Gasteiger partial charge in [0.25, 0.3) is 0 Å². The van der Waals surface area contributed by atoms with Crippen LogP contribution in [0.1, 0.15) is 11.1 Å². The normalized spacial score (nSPS) is 13.4. The second kappa shape index (κ2) is 11.0. The zero-order valence-electron chi connectivity index (χ0n) is 20.4. The first-order chi connectivity index (χ1) is 18.1. The van der Waals surface area contributed by atoms with E-state index in [1.54, 1.807) is 18.2 Å². The minimum absolute atomic E-state index is 0.0722. The van der Waals surface area contributed by atoms with Gasteiger partial charge in [-0.2, -0.15) is 8.42 Å². The van der Waals surface area contributed by atoms with Gasteiger partial charge in [0.2, 0.25) is 11.8 Å². The molecule has 0 bridgehead atoms. The van der Waals surface area contributed by atoms with Gasteiger partial charge in [0.15, 0.2) is 0 Å². The number of rotatable bonds is 8. The van der Waals surface area contributed by atoms with Crippen molar-refractivity contribution in [3.63, 3.8) is 0 Å². The fourth-order valence-corrected chi connectivity index (χ4v) is 5.12. The third-order valence-electron chi connectivity index (χ3n) is 5.81. The van der Waals surface area contributed by atoms with Gasteiger partial charge in [-0.25, -0.2) is 32.6 Å². The second-order valence-electron chi connectivity index (χ2n) is 8.38. The molecule has 0 radical (unpaired) electrons. The fraction of sp³-hybridized carbons (Fsp3) is 0.250. The summed E-state index contributed by atoms with van der Waals surface area (Å²) in [5.41, 5.74) is 1.11. The number of anilines is 2. The zero-order valence-corrected chi connectivity index (χ0v) is 21.2. The molecule has 0 unspecified atom stereocenters. The number of amides is 3. The van der Waals surface area contributed by atoms with E-state index in [1.165, 1.54) is 37.5 Å². The van der Waals surface area contributed by atoms with Crippen molar-refractivity contribution in [2.75, 3.05) is 29.9 Å². The van der Waals surface area contributed by atoms with Crippen LogP contribution in [0.25, 0.3) is 0 Å². The van der Waals surface area contributed by atoms with Crippen LogP contribution in [0.5, 0.6) is 5.88 Å². The number of nitrogens with one attached hydrogen (secondary N) is 2. The molecule has 2 aromatic heterocycles. The van der Waals surface area contributed by atoms with Crippen LogP contribution < -0.4 is 24.0 Å². The molecular weight excluding hydrogens is 522 g/mol. The highest BCUT2D eigenvalue weighted by atomic mass is 32.2. The minimum atomic E-state index is -4.37. The number of likely N-dealkylation sites (N-methyl/N-ethyl adjacent to an activating group) is 1. The molecule has 3 heterocycles.